The van der Waals surface area contributed by atoms with Crippen molar-refractivity contribution in [3.05, 3.63) is 34.6 Å². The highest BCUT2D eigenvalue weighted by molar-refractivity contribution is 6.30. The minimum atomic E-state index is -0.404. The molecule has 0 nitrogen and oxygen atoms in total. The fourth-order valence-electron chi connectivity index (χ4n) is 0.667. The molecular formula is C7H5BClF. The SMILES string of the molecule is [B]Cc1ccc(F)c(Cl)c1. The van der Waals surface area contributed by atoms with Crippen LogP contribution in [0.4, 0.5) is 4.39 Å². The van der Waals surface area contributed by atoms with Crippen LogP contribution < -0.4 is 0 Å². The molecule has 0 heterocycles. The molecule has 0 N–H and O–H groups in total. The summed E-state index contributed by atoms with van der Waals surface area (Å²) in [5.41, 5.74) is 0.839. The van der Waals surface area contributed by atoms with Gasteiger partial charge in [0.2, 0.25) is 0 Å². The molecular weight excluding hydrogens is 149 g/mol. The predicted octanol–water partition coefficient (Wildman–Crippen LogP) is 2.15. The second-order valence-corrected chi connectivity index (χ2v) is 2.36. The smallest absolute Gasteiger partial charge is 0.141 e. The highest BCUT2D eigenvalue weighted by atomic mass is 35.5. The lowest BCUT2D eigenvalue weighted by Gasteiger charge is -1.96. The van der Waals surface area contributed by atoms with Crippen LogP contribution in [0.25, 0.3) is 0 Å². The quantitative estimate of drug-likeness (QED) is 0.544. The molecule has 0 aliphatic carbocycles. The maximum Gasteiger partial charge on any atom is 0.141 e. The van der Waals surface area contributed by atoms with Crippen LogP contribution in [0.2, 0.25) is 5.02 Å². The summed E-state index contributed by atoms with van der Waals surface area (Å²) < 4.78 is 12.5. The van der Waals surface area contributed by atoms with E-state index in [9.17, 15) is 4.39 Å². The first-order valence-corrected chi connectivity index (χ1v) is 3.26. The van der Waals surface area contributed by atoms with Gasteiger partial charge in [0.05, 0.1) is 12.9 Å². The summed E-state index contributed by atoms with van der Waals surface area (Å²) in [6.45, 7) is 0. The van der Waals surface area contributed by atoms with E-state index < -0.39 is 5.82 Å². The zero-order chi connectivity index (χ0) is 7.56. The highest BCUT2D eigenvalue weighted by Gasteiger charge is 1.97. The Bertz CT molecular complexity index is 237. The van der Waals surface area contributed by atoms with Crippen molar-refractivity contribution in [2.75, 3.05) is 0 Å². The molecule has 0 bridgehead atoms. The number of halogens is 2. The second-order valence-electron chi connectivity index (χ2n) is 1.95. The van der Waals surface area contributed by atoms with Gasteiger partial charge in [0.15, 0.2) is 0 Å². The van der Waals surface area contributed by atoms with E-state index in [0.717, 1.165) is 5.56 Å². The second kappa shape index (κ2) is 3.06. The molecule has 0 aliphatic heterocycles. The zero-order valence-electron chi connectivity index (χ0n) is 5.27. The van der Waals surface area contributed by atoms with E-state index in [2.05, 4.69) is 0 Å². The molecule has 1 aromatic carbocycles. The van der Waals surface area contributed by atoms with Crippen molar-refractivity contribution in [1.82, 2.24) is 0 Å². The molecule has 0 fully saturated rings. The molecule has 0 spiro atoms. The van der Waals surface area contributed by atoms with Gasteiger partial charge in [-0.1, -0.05) is 29.6 Å². The van der Waals surface area contributed by atoms with Crippen LogP contribution in [-0.2, 0) is 6.32 Å². The van der Waals surface area contributed by atoms with Gasteiger partial charge in [-0.05, 0) is 12.1 Å². The standard InChI is InChI=1S/C7H5BClF/c8-4-5-1-2-7(10)6(9)3-5/h1-3H,4H2. The number of rotatable bonds is 1. The van der Waals surface area contributed by atoms with Crippen LogP contribution >= 0.6 is 11.6 Å². The summed E-state index contributed by atoms with van der Waals surface area (Å²) in [6.07, 6.45) is 0.389. The first-order chi connectivity index (χ1) is 4.74. The first-order valence-electron chi connectivity index (χ1n) is 2.88. The Morgan fingerprint density at radius 1 is 1.50 bits per heavy atom. The van der Waals surface area contributed by atoms with E-state index in [4.69, 9.17) is 19.4 Å². The van der Waals surface area contributed by atoms with Crippen LogP contribution in [0.3, 0.4) is 0 Å². The van der Waals surface area contributed by atoms with E-state index in [-0.39, 0.29) is 5.02 Å². The molecule has 0 atom stereocenters. The van der Waals surface area contributed by atoms with Gasteiger partial charge >= 0.3 is 0 Å². The van der Waals surface area contributed by atoms with Crippen LogP contribution in [0.1, 0.15) is 5.56 Å². The maximum atomic E-state index is 12.5. The van der Waals surface area contributed by atoms with Gasteiger partial charge in [0, 0.05) is 0 Å². The lowest BCUT2D eigenvalue weighted by Crippen LogP contribution is -1.84. The Kier molecular flexibility index (Phi) is 2.33. The van der Waals surface area contributed by atoms with Crippen molar-refractivity contribution in [1.29, 1.82) is 0 Å². The van der Waals surface area contributed by atoms with Gasteiger partial charge in [-0.25, -0.2) is 4.39 Å². The third kappa shape index (κ3) is 1.51. The molecule has 0 unspecified atom stereocenters. The van der Waals surface area contributed by atoms with Crippen LogP contribution in [0, 0.1) is 5.82 Å². The van der Waals surface area contributed by atoms with Gasteiger partial charge < -0.3 is 0 Å². The molecule has 0 aromatic heterocycles. The Balaban J connectivity index is 3.04. The van der Waals surface area contributed by atoms with Gasteiger partial charge in [-0.3, -0.25) is 0 Å². The Hall–Kier alpha value is -0.495. The minimum Gasteiger partial charge on any atom is -0.205 e. The van der Waals surface area contributed by atoms with Crippen LogP contribution in [0.15, 0.2) is 18.2 Å². The van der Waals surface area contributed by atoms with Crippen LogP contribution in [0.5, 0.6) is 0 Å². The lowest BCUT2D eigenvalue weighted by atomic mass is 9.97. The van der Waals surface area contributed by atoms with Crippen molar-refractivity contribution in [2.24, 2.45) is 0 Å². The minimum absolute atomic E-state index is 0.128. The monoisotopic (exact) mass is 154 g/mol. The van der Waals surface area contributed by atoms with Crippen molar-refractivity contribution < 1.29 is 4.39 Å². The third-order valence-electron chi connectivity index (χ3n) is 1.22. The van der Waals surface area contributed by atoms with Gasteiger partial charge in [-0.2, -0.15) is 0 Å². The fraction of sp³-hybridized carbons (Fsp3) is 0.143. The van der Waals surface area contributed by atoms with Gasteiger partial charge in [0.25, 0.3) is 0 Å². The Morgan fingerprint density at radius 3 is 2.70 bits per heavy atom. The largest absolute Gasteiger partial charge is 0.205 e. The van der Waals surface area contributed by atoms with E-state index in [1.165, 1.54) is 12.1 Å². The zero-order valence-corrected chi connectivity index (χ0v) is 6.03. The molecule has 0 saturated heterocycles. The molecule has 1 rings (SSSR count). The average Bonchev–Trinajstić information content (AvgIpc) is 1.95. The fourth-order valence-corrected chi connectivity index (χ4v) is 0.870. The summed E-state index contributed by atoms with van der Waals surface area (Å²) >= 11 is 5.46. The van der Waals surface area contributed by atoms with E-state index in [1.54, 1.807) is 6.07 Å². The maximum absolute atomic E-state index is 12.5. The van der Waals surface area contributed by atoms with Crippen molar-refractivity contribution >= 4 is 19.4 Å². The number of benzene rings is 1. The highest BCUT2D eigenvalue weighted by Crippen LogP contribution is 2.15. The molecule has 0 aliphatic rings. The third-order valence-corrected chi connectivity index (χ3v) is 1.51. The first kappa shape index (κ1) is 7.61. The average molecular weight is 154 g/mol. The lowest BCUT2D eigenvalue weighted by molar-refractivity contribution is 0.628. The summed E-state index contributed by atoms with van der Waals surface area (Å²) in [4.78, 5) is 0. The predicted molar refractivity (Wildman–Crippen MR) is 40.9 cm³/mol. The summed E-state index contributed by atoms with van der Waals surface area (Å²) in [5.74, 6) is -0.404. The Morgan fingerprint density at radius 2 is 2.20 bits per heavy atom. The van der Waals surface area contributed by atoms with E-state index >= 15 is 0 Å². The Labute approximate surface area is 65.4 Å². The summed E-state index contributed by atoms with van der Waals surface area (Å²) in [5, 5.41) is 0.128. The normalized spacial score (nSPS) is 9.80. The van der Waals surface area contributed by atoms with Crippen molar-refractivity contribution in [3.8, 4) is 0 Å². The summed E-state index contributed by atoms with van der Waals surface area (Å²) in [7, 11) is 5.29. The summed E-state index contributed by atoms with van der Waals surface area (Å²) in [6, 6.07) is 4.45. The molecule has 0 amide bonds. The molecule has 10 heavy (non-hydrogen) atoms. The molecule has 3 heteroatoms. The van der Waals surface area contributed by atoms with Crippen LogP contribution in [-0.4, -0.2) is 7.85 Å². The van der Waals surface area contributed by atoms with E-state index in [0.29, 0.717) is 6.32 Å². The van der Waals surface area contributed by atoms with Gasteiger partial charge in [0.1, 0.15) is 5.82 Å². The number of hydrogen-bond acceptors (Lipinski definition) is 0. The van der Waals surface area contributed by atoms with Crippen molar-refractivity contribution in [2.45, 2.75) is 6.32 Å². The molecule has 1 aromatic rings. The van der Waals surface area contributed by atoms with E-state index in [1.807, 2.05) is 0 Å². The molecule has 50 valence electrons. The van der Waals surface area contributed by atoms with Gasteiger partial charge in [-0.15, -0.1) is 0 Å². The number of hydrogen-bond donors (Lipinski definition) is 0. The van der Waals surface area contributed by atoms with Crippen molar-refractivity contribution in [3.63, 3.8) is 0 Å². The molecule has 2 radical (unpaired) electrons. The topological polar surface area (TPSA) is 0 Å². The molecule has 0 saturated carbocycles.